The molecule has 0 unspecified atom stereocenters. The van der Waals surface area contributed by atoms with E-state index in [1.165, 1.54) is 0 Å². The van der Waals surface area contributed by atoms with E-state index in [1.54, 1.807) is 6.20 Å². The van der Waals surface area contributed by atoms with Crippen LogP contribution in [0.25, 0.3) is 11.3 Å². The van der Waals surface area contributed by atoms with E-state index in [4.69, 9.17) is 0 Å². The highest BCUT2D eigenvalue weighted by Crippen LogP contribution is 2.21. The molecular formula is C10H11N3O. The van der Waals surface area contributed by atoms with Crippen molar-refractivity contribution in [3.8, 4) is 11.3 Å². The van der Waals surface area contributed by atoms with Crippen LogP contribution < -0.4 is 0 Å². The Morgan fingerprint density at radius 2 is 2.14 bits per heavy atom. The van der Waals surface area contributed by atoms with Crippen molar-refractivity contribution < 1.29 is 4.79 Å². The van der Waals surface area contributed by atoms with Crippen LogP contribution >= 0.6 is 0 Å². The van der Waals surface area contributed by atoms with Gasteiger partial charge < -0.3 is 9.97 Å². The van der Waals surface area contributed by atoms with Gasteiger partial charge in [-0.15, -0.1) is 0 Å². The Morgan fingerprint density at radius 3 is 2.64 bits per heavy atom. The van der Waals surface area contributed by atoms with E-state index >= 15 is 0 Å². The summed E-state index contributed by atoms with van der Waals surface area (Å²) in [4.78, 5) is 20.5. The molecule has 14 heavy (non-hydrogen) atoms. The van der Waals surface area contributed by atoms with Gasteiger partial charge in [0.25, 0.3) is 0 Å². The van der Waals surface area contributed by atoms with E-state index in [-0.39, 0.29) is 0 Å². The van der Waals surface area contributed by atoms with Crippen molar-refractivity contribution in [1.29, 1.82) is 0 Å². The fraction of sp³-hybridized carbons (Fsp3) is 0.200. The monoisotopic (exact) mass is 189 g/mol. The van der Waals surface area contributed by atoms with Crippen molar-refractivity contribution in [2.45, 2.75) is 13.8 Å². The third-order valence-electron chi connectivity index (χ3n) is 2.15. The lowest BCUT2D eigenvalue weighted by Gasteiger charge is -1.93. The van der Waals surface area contributed by atoms with Gasteiger partial charge in [0.15, 0.2) is 12.1 Å². The highest BCUT2D eigenvalue weighted by molar-refractivity contribution is 5.72. The van der Waals surface area contributed by atoms with Crippen LogP contribution in [0.2, 0.25) is 0 Å². The molecule has 0 atom stereocenters. The van der Waals surface area contributed by atoms with E-state index in [0.717, 1.165) is 22.6 Å². The number of aldehydes is 1. The van der Waals surface area contributed by atoms with Gasteiger partial charge in [-0.3, -0.25) is 4.79 Å². The van der Waals surface area contributed by atoms with E-state index in [0.29, 0.717) is 12.1 Å². The molecule has 0 aromatic carbocycles. The molecule has 2 N–H and O–H groups in total. The Labute approximate surface area is 81.4 Å². The molecule has 0 aliphatic heterocycles. The third kappa shape index (κ3) is 1.35. The molecule has 2 rings (SSSR count). The zero-order chi connectivity index (χ0) is 10.1. The summed E-state index contributed by atoms with van der Waals surface area (Å²) < 4.78 is 0. The van der Waals surface area contributed by atoms with E-state index < -0.39 is 0 Å². The number of imidazole rings is 1. The van der Waals surface area contributed by atoms with Crippen LogP contribution in [0.4, 0.5) is 0 Å². The summed E-state index contributed by atoms with van der Waals surface area (Å²) in [7, 11) is 0. The maximum atomic E-state index is 10.4. The number of aromatic nitrogens is 3. The summed E-state index contributed by atoms with van der Waals surface area (Å²) in [5.41, 5.74) is 4.10. The fourth-order valence-corrected chi connectivity index (χ4v) is 1.54. The van der Waals surface area contributed by atoms with E-state index in [1.807, 2.05) is 19.9 Å². The lowest BCUT2D eigenvalue weighted by molar-refractivity contribution is 0.111. The van der Waals surface area contributed by atoms with Crippen molar-refractivity contribution >= 4 is 6.29 Å². The van der Waals surface area contributed by atoms with Gasteiger partial charge in [-0.1, -0.05) is 0 Å². The summed E-state index contributed by atoms with van der Waals surface area (Å²) in [6.45, 7) is 3.98. The first-order valence-corrected chi connectivity index (χ1v) is 4.37. The molecule has 0 saturated heterocycles. The molecular weight excluding hydrogens is 178 g/mol. The highest BCUT2D eigenvalue weighted by atomic mass is 16.1. The number of aryl methyl sites for hydroxylation is 2. The summed E-state index contributed by atoms with van der Waals surface area (Å²) in [5.74, 6) is 0.359. The van der Waals surface area contributed by atoms with Crippen molar-refractivity contribution in [3.63, 3.8) is 0 Å². The van der Waals surface area contributed by atoms with Crippen molar-refractivity contribution in [3.05, 3.63) is 29.5 Å². The number of aromatic amines is 2. The number of carbonyl (C=O) groups excluding carboxylic acids is 1. The van der Waals surface area contributed by atoms with Crippen LogP contribution in [0.1, 0.15) is 22.0 Å². The minimum absolute atomic E-state index is 0.359. The zero-order valence-corrected chi connectivity index (χ0v) is 8.09. The van der Waals surface area contributed by atoms with Gasteiger partial charge in [-0.2, -0.15) is 0 Å². The standard InChI is InChI=1S/C10H11N3O/c1-6-3-8(7(2)12-6)9-4-11-10(5-14)13-9/h3-5,12H,1-2H3,(H,11,13). The topological polar surface area (TPSA) is 61.5 Å². The van der Waals surface area contributed by atoms with Crippen LogP contribution in [-0.2, 0) is 0 Å². The average Bonchev–Trinajstić information content (AvgIpc) is 2.71. The van der Waals surface area contributed by atoms with E-state index in [9.17, 15) is 4.79 Å². The molecule has 0 amide bonds. The SMILES string of the molecule is Cc1cc(-c2cnc(C=O)[nH]2)c(C)[nH]1. The Morgan fingerprint density at radius 1 is 1.36 bits per heavy atom. The third-order valence-corrected chi connectivity index (χ3v) is 2.15. The van der Waals surface area contributed by atoms with Gasteiger partial charge in [0.2, 0.25) is 0 Å². The van der Waals surface area contributed by atoms with E-state index in [2.05, 4.69) is 15.0 Å². The normalized spacial score (nSPS) is 10.4. The molecule has 0 aliphatic rings. The lowest BCUT2D eigenvalue weighted by atomic mass is 10.2. The number of nitrogens with zero attached hydrogens (tertiary/aromatic N) is 1. The highest BCUT2D eigenvalue weighted by Gasteiger charge is 2.07. The van der Waals surface area contributed by atoms with Crippen molar-refractivity contribution in [2.24, 2.45) is 0 Å². The maximum Gasteiger partial charge on any atom is 0.185 e. The van der Waals surface area contributed by atoms with Crippen molar-refractivity contribution in [1.82, 2.24) is 15.0 Å². The number of hydrogen-bond acceptors (Lipinski definition) is 2. The molecule has 72 valence electrons. The number of nitrogens with one attached hydrogen (secondary N) is 2. The first-order valence-electron chi connectivity index (χ1n) is 4.37. The van der Waals surface area contributed by atoms with Crippen LogP contribution in [0.5, 0.6) is 0 Å². The quantitative estimate of drug-likeness (QED) is 0.708. The van der Waals surface area contributed by atoms with Crippen LogP contribution in [0.15, 0.2) is 12.3 Å². The Bertz CT molecular complexity index is 467. The van der Waals surface area contributed by atoms with Gasteiger partial charge in [-0.05, 0) is 19.9 Å². The zero-order valence-electron chi connectivity index (χ0n) is 8.09. The average molecular weight is 189 g/mol. The van der Waals surface area contributed by atoms with Gasteiger partial charge in [0, 0.05) is 17.0 Å². The molecule has 2 aromatic rings. The van der Waals surface area contributed by atoms with Crippen LogP contribution in [0.3, 0.4) is 0 Å². The molecule has 0 fully saturated rings. The Kier molecular flexibility index (Phi) is 1.96. The number of rotatable bonds is 2. The Balaban J connectivity index is 2.48. The van der Waals surface area contributed by atoms with Gasteiger partial charge in [-0.25, -0.2) is 4.98 Å². The second kappa shape index (κ2) is 3.14. The largest absolute Gasteiger partial charge is 0.362 e. The molecule has 4 heteroatoms. The number of H-pyrrole nitrogens is 2. The minimum atomic E-state index is 0.359. The molecule has 0 spiro atoms. The molecule has 2 aromatic heterocycles. The van der Waals surface area contributed by atoms with Gasteiger partial charge >= 0.3 is 0 Å². The predicted octanol–water partition coefficient (Wildman–Crippen LogP) is 1.83. The molecule has 0 aliphatic carbocycles. The summed E-state index contributed by atoms with van der Waals surface area (Å²) in [6.07, 6.45) is 2.37. The first-order chi connectivity index (χ1) is 6.70. The second-order valence-electron chi connectivity index (χ2n) is 3.29. The second-order valence-corrected chi connectivity index (χ2v) is 3.29. The van der Waals surface area contributed by atoms with Crippen LogP contribution in [0, 0.1) is 13.8 Å². The fourth-order valence-electron chi connectivity index (χ4n) is 1.54. The summed E-state index contributed by atoms with van der Waals surface area (Å²) >= 11 is 0. The summed E-state index contributed by atoms with van der Waals surface area (Å²) in [6, 6.07) is 2.03. The number of carbonyl (C=O) groups is 1. The molecule has 2 heterocycles. The number of hydrogen-bond donors (Lipinski definition) is 2. The maximum absolute atomic E-state index is 10.4. The first kappa shape index (κ1) is 8.74. The molecule has 0 radical (unpaired) electrons. The van der Waals surface area contributed by atoms with Gasteiger partial charge in [0.05, 0.1) is 11.9 Å². The smallest absolute Gasteiger partial charge is 0.185 e. The predicted molar refractivity (Wildman–Crippen MR) is 53.2 cm³/mol. The molecule has 4 nitrogen and oxygen atoms in total. The van der Waals surface area contributed by atoms with Crippen molar-refractivity contribution in [2.75, 3.05) is 0 Å². The minimum Gasteiger partial charge on any atom is -0.362 e. The lowest BCUT2D eigenvalue weighted by Crippen LogP contribution is -1.82. The Hall–Kier alpha value is -1.84. The van der Waals surface area contributed by atoms with Crippen LogP contribution in [-0.4, -0.2) is 21.2 Å². The summed E-state index contributed by atoms with van der Waals surface area (Å²) in [5, 5.41) is 0. The molecule has 0 saturated carbocycles. The van der Waals surface area contributed by atoms with Gasteiger partial charge in [0.1, 0.15) is 0 Å². The molecule has 0 bridgehead atoms.